The van der Waals surface area contributed by atoms with E-state index < -0.39 is 6.04 Å². The molecule has 0 bridgehead atoms. The van der Waals surface area contributed by atoms with Gasteiger partial charge in [0.25, 0.3) is 5.91 Å². The van der Waals surface area contributed by atoms with Gasteiger partial charge in [-0.2, -0.15) is 0 Å². The van der Waals surface area contributed by atoms with Crippen LogP contribution in [0.1, 0.15) is 28.8 Å². The molecule has 1 aromatic rings. The smallest absolute Gasteiger partial charge is 0.251 e. The molecule has 1 aromatic carbocycles. The third-order valence-electron chi connectivity index (χ3n) is 3.47. The van der Waals surface area contributed by atoms with Crippen LogP contribution in [0.25, 0.3) is 0 Å². The minimum atomic E-state index is -0.410. The van der Waals surface area contributed by atoms with Crippen LogP contribution in [-0.2, 0) is 16.1 Å². The Kier molecular flexibility index (Phi) is 4.74. The fraction of sp³-hybridized carbons (Fsp3) is 0.467. The van der Waals surface area contributed by atoms with Gasteiger partial charge in [-0.15, -0.1) is 0 Å². The highest BCUT2D eigenvalue weighted by molar-refractivity contribution is 5.97. The molecule has 0 radical (unpaired) electrons. The largest absolute Gasteiger partial charge is 0.380 e. The average molecular weight is 276 g/mol. The third kappa shape index (κ3) is 3.36. The zero-order valence-corrected chi connectivity index (χ0v) is 11.9. The van der Waals surface area contributed by atoms with Crippen LogP contribution in [0.2, 0.25) is 0 Å². The number of carbonyl (C=O) groups excluding carboxylic acids is 2. The van der Waals surface area contributed by atoms with Crippen LogP contribution in [0.3, 0.4) is 0 Å². The van der Waals surface area contributed by atoms with E-state index in [2.05, 4.69) is 5.32 Å². The van der Waals surface area contributed by atoms with Crippen molar-refractivity contribution in [1.82, 2.24) is 10.2 Å². The zero-order valence-electron chi connectivity index (χ0n) is 11.9. The number of piperidine rings is 1. The van der Waals surface area contributed by atoms with E-state index in [4.69, 9.17) is 4.74 Å². The maximum absolute atomic E-state index is 12.2. The quantitative estimate of drug-likeness (QED) is 0.898. The lowest BCUT2D eigenvalue weighted by atomic mass is 10.0. The van der Waals surface area contributed by atoms with Gasteiger partial charge in [0.05, 0.1) is 6.61 Å². The number of likely N-dealkylation sites (tertiary alicyclic amines) is 1. The van der Waals surface area contributed by atoms with Gasteiger partial charge in [0.15, 0.2) is 0 Å². The van der Waals surface area contributed by atoms with E-state index in [1.165, 1.54) is 0 Å². The molecule has 2 rings (SSSR count). The Balaban J connectivity index is 2.04. The molecule has 1 fully saturated rings. The normalized spacial score (nSPS) is 19.0. The summed E-state index contributed by atoms with van der Waals surface area (Å²) in [5, 5.41) is 2.81. The summed E-state index contributed by atoms with van der Waals surface area (Å²) < 4.78 is 5.05. The maximum Gasteiger partial charge on any atom is 0.251 e. The standard InChI is InChI=1S/C15H20N2O3/c1-17-8-4-7-13(15(17)19)16-14(18)12-6-3-5-11(9-12)10-20-2/h3,5-6,9,13H,4,7-8,10H2,1-2H3,(H,16,18). The molecule has 0 spiro atoms. The van der Waals surface area contributed by atoms with Gasteiger partial charge in [0.1, 0.15) is 6.04 Å². The molecule has 1 aliphatic heterocycles. The van der Waals surface area contributed by atoms with Crippen LogP contribution in [-0.4, -0.2) is 43.5 Å². The fourth-order valence-corrected chi connectivity index (χ4v) is 2.38. The molecule has 1 heterocycles. The summed E-state index contributed by atoms with van der Waals surface area (Å²) in [6, 6.07) is 6.84. The first-order valence-corrected chi connectivity index (χ1v) is 6.75. The molecule has 20 heavy (non-hydrogen) atoms. The second kappa shape index (κ2) is 6.52. The van der Waals surface area contributed by atoms with E-state index in [1.807, 2.05) is 12.1 Å². The van der Waals surface area contributed by atoms with Crippen LogP contribution >= 0.6 is 0 Å². The first-order valence-electron chi connectivity index (χ1n) is 6.75. The van der Waals surface area contributed by atoms with Crippen LogP contribution in [0.5, 0.6) is 0 Å². The number of hydrogen-bond donors (Lipinski definition) is 1. The van der Waals surface area contributed by atoms with Crippen molar-refractivity contribution in [3.05, 3.63) is 35.4 Å². The zero-order chi connectivity index (χ0) is 14.5. The lowest BCUT2D eigenvalue weighted by Gasteiger charge is -2.29. The number of likely N-dealkylation sites (N-methyl/N-ethyl adjacent to an activating group) is 1. The number of nitrogens with zero attached hydrogens (tertiary/aromatic N) is 1. The molecular formula is C15H20N2O3. The fourth-order valence-electron chi connectivity index (χ4n) is 2.38. The molecule has 108 valence electrons. The van der Waals surface area contributed by atoms with Crippen molar-refractivity contribution in [1.29, 1.82) is 0 Å². The highest BCUT2D eigenvalue weighted by atomic mass is 16.5. The molecule has 1 N–H and O–H groups in total. The Labute approximate surface area is 118 Å². The van der Waals surface area contributed by atoms with Gasteiger partial charge < -0.3 is 15.0 Å². The topological polar surface area (TPSA) is 58.6 Å². The Hall–Kier alpha value is -1.88. The summed E-state index contributed by atoms with van der Waals surface area (Å²) in [7, 11) is 3.38. The van der Waals surface area contributed by atoms with E-state index >= 15 is 0 Å². The molecule has 5 heteroatoms. The van der Waals surface area contributed by atoms with Crippen LogP contribution in [0.4, 0.5) is 0 Å². The monoisotopic (exact) mass is 276 g/mol. The molecule has 0 aliphatic carbocycles. The molecular weight excluding hydrogens is 256 g/mol. The van der Waals surface area contributed by atoms with Gasteiger partial charge in [0.2, 0.25) is 5.91 Å². The predicted octanol–water partition coefficient (Wildman–Crippen LogP) is 1.18. The molecule has 0 aromatic heterocycles. The summed E-state index contributed by atoms with van der Waals surface area (Å²) in [6.07, 6.45) is 1.61. The van der Waals surface area contributed by atoms with E-state index in [0.29, 0.717) is 18.6 Å². The third-order valence-corrected chi connectivity index (χ3v) is 3.47. The lowest BCUT2D eigenvalue weighted by Crippen LogP contribution is -2.50. The number of hydrogen-bond acceptors (Lipinski definition) is 3. The molecule has 1 atom stereocenters. The number of benzene rings is 1. The highest BCUT2D eigenvalue weighted by Gasteiger charge is 2.27. The van der Waals surface area contributed by atoms with E-state index in [9.17, 15) is 9.59 Å². The minimum absolute atomic E-state index is 0.0161. The number of carbonyl (C=O) groups is 2. The summed E-state index contributed by atoms with van der Waals surface area (Å²) in [6.45, 7) is 1.22. The Morgan fingerprint density at radius 1 is 1.50 bits per heavy atom. The first kappa shape index (κ1) is 14.5. The van der Waals surface area contributed by atoms with Crippen LogP contribution < -0.4 is 5.32 Å². The van der Waals surface area contributed by atoms with Gasteiger partial charge in [0, 0.05) is 26.3 Å². The van der Waals surface area contributed by atoms with Gasteiger partial charge in [-0.25, -0.2) is 0 Å². The summed E-state index contributed by atoms with van der Waals surface area (Å²) in [5.74, 6) is -0.228. The highest BCUT2D eigenvalue weighted by Crippen LogP contribution is 2.12. The lowest BCUT2D eigenvalue weighted by molar-refractivity contribution is -0.134. The van der Waals surface area contributed by atoms with Gasteiger partial charge in [-0.05, 0) is 30.5 Å². The van der Waals surface area contributed by atoms with Crippen molar-refractivity contribution < 1.29 is 14.3 Å². The van der Waals surface area contributed by atoms with Crippen LogP contribution in [0.15, 0.2) is 24.3 Å². The van der Waals surface area contributed by atoms with Crippen molar-refractivity contribution >= 4 is 11.8 Å². The predicted molar refractivity (Wildman–Crippen MR) is 75.3 cm³/mol. The molecule has 1 aliphatic rings. The summed E-state index contributed by atoms with van der Waals surface area (Å²) in [5.41, 5.74) is 1.49. The second-order valence-electron chi connectivity index (χ2n) is 5.06. The Morgan fingerprint density at radius 2 is 2.30 bits per heavy atom. The van der Waals surface area contributed by atoms with Crippen molar-refractivity contribution in [2.24, 2.45) is 0 Å². The Morgan fingerprint density at radius 3 is 3.05 bits per heavy atom. The molecule has 1 unspecified atom stereocenters. The van der Waals surface area contributed by atoms with Crippen molar-refractivity contribution in [2.45, 2.75) is 25.5 Å². The number of methoxy groups -OCH3 is 1. The Bertz CT molecular complexity index is 502. The number of nitrogens with one attached hydrogen (secondary N) is 1. The van der Waals surface area contributed by atoms with E-state index in [1.54, 1.807) is 31.2 Å². The summed E-state index contributed by atoms with van der Waals surface area (Å²) >= 11 is 0. The number of ether oxygens (including phenoxy) is 1. The first-order chi connectivity index (χ1) is 9.61. The number of amides is 2. The van der Waals surface area contributed by atoms with Gasteiger partial charge >= 0.3 is 0 Å². The van der Waals surface area contributed by atoms with Gasteiger partial charge in [-0.3, -0.25) is 9.59 Å². The van der Waals surface area contributed by atoms with E-state index in [0.717, 1.165) is 18.5 Å². The number of rotatable bonds is 4. The maximum atomic E-state index is 12.2. The van der Waals surface area contributed by atoms with Crippen molar-refractivity contribution in [3.8, 4) is 0 Å². The van der Waals surface area contributed by atoms with Gasteiger partial charge in [-0.1, -0.05) is 12.1 Å². The van der Waals surface area contributed by atoms with Crippen molar-refractivity contribution in [2.75, 3.05) is 20.7 Å². The van der Waals surface area contributed by atoms with E-state index in [-0.39, 0.29) is 11.8 Å². The second-order valence-corrected chi connectivity index (χ2v) is 5.06. The van der Waals surface area contributed by atoms with Crippen molar-refractivity contribution in [3.63, 3.8) is 0 Å². The minimum Gasteiger partial charge on any atom is -0.380 e. The summed E-state index contributed by atoms with van der Waals surface area (Å²) in [4.78, 5) is 25.8. The molecule has 5 nitrogen and oxygen atoms in total. The van der Waals surface area contributed by atoms with Crippen LogP contribution in [0, 0.1) is 0 Å². The molecule has 2 amide bonds. The molecule has 1 saturated heterocycles. The molecule has 0 saturated carbocycles. The average Bonchev–Trinajstić information content (AvgIpc) is 2.44. The SMILES string of the molecule is COCc1cccc(C(=O)NC2CCCN(C)C2=O)c1.